The number of ether oxygens (including phenoxy) is 4. The lowest BCUT2D eigenvalue weighted by molar-refractivity contribution is -0.186. The summed E-state index contributed by atoms with van der Waals surface area (Å²) in [5, 5.41) is 8.75. The molecule has 1 aliphatic heterocycles. The first-order chi connectivity index (χ1) is 13.2. The number of nitrogens with zero attached hydrogens (tertiary/aromatic N) is 2. The van der Waals surface area contributed by atoms with E-state index in [9.17, 15) is 18.8 Å². The van der Waals surface area contributed by atoms with Gasteiger partial charge in [0.2, 0.25) is 0 Å². The summed E-state index contributed by atoms with van der Waals surface area (Å²) >= 11 is 1.12. The van der Waals surface area contributed by atoms with Crippen LogP contribution in [0.5, 0.6) is 5.75 Å². The van der Waals surface area contributed by atoms with Gasteiger partial charge in [0, 0.05) is 32.6 Å². The van der Waals surface area contributed by atoms with Crippen LogP contribution < -0.4 is 4.74 Å². The fraction of sp³-hybridized carbons (Fsp3) is 0.471. The molecule has 2 rings (SSSR count). The zero-order valence-electron chi connectivity index (χ0n) is 15.2. The summed E-state index contributed by atoms with van der Waals surface area (Å²) < 4.78 is 35.1. The number of carbonyl (C=O) groups excluding carboxylic acids is 3. The van der Waals surface area contributed by atoms with Crippen molar-refractivity contribution < 1.29 is 37.7 Å². The molecule has 0 saturated carbocycles. The molecule has 150 valence electrons. The highest BCUT2D eigenvalue weighted by atomic mass is 32.2. The molecule has 11 heteroatoms. The van der Waals surface area contributed by atoms with E-state index in [1.54, 1.807) is 6.07 Å². The van der Waals surface area contributed by atoms with Crippen LogP contribution in [0.25, 0.3) is 0 Å². The van der Waals surface area contributed by atoms with E-state index in [1.165, 1.54) is 6.92 Å². The van der Waals surface area contributed by atoms with Gasteiger partial charge < -0.3 is 18.9 Å². The maximum Gasteiger partial charge on any atom is 0.303 e. The van der Waals surface area contributed by atoms with Crippen molar-refractivity contribution in [2.24, 2.45) is 0 Å². The Kier molecular flexibility index (Phi) is 7.17. The number of aromatic nitrogens is 1. The number of hydrogen-bond acceptors (Lipinski definition) is 10. The predicted octanol–water partition coefficient (Wildman–Crippen LogP) is 1.34. The van der Waals surface area contributed by atoms with E-state index in [0.717, 1.165) is 37.9 Å². The largest absolute Gasteiger partial charge is 0.474 e. The lowest BCUT2D eigenvalue weighted by Gasteiger charge is -2.39. The minimum atomic E-state index is -1.14. The van der Waals surface area contributed by atoms with E-state index < -0.39 is 53.2 Å². The van der Waals surface area contributed by atoms with E-state index >= 15 is 0 Å². The fourth-order valence-electron chi connectivity index (χ4n) is 2.51. The molecule has 4 atom stereocenters. The maximum absolute atomic E-state index is 13.8. The number of nitriles is 1. The molecule has 0 amide bonds. The molecule has 0 bridgehead atoms. The Balaban J connectivity index is 2.30. The third kappa shape index (κ3) is 5.56. The summed E-state index contributed by atoms with van der Waals surface area (Å²) in [6.45, 7) is 3.52. The third-order valence-electron chi connectivity index (χ3n) is 3.48. The van der Waals surface area contributed by atoms with Crippen LogP contribution in [0.15, 0.2) is 12.3 Å². The number of hydrogen-bond donors (Lipinski definition) is 0. The van der Waals surface area contributed by atoms with Crippen LogP contribution in [0.4, 0.5) is 4.39 Å². The van der Waals surface area contributed by atoms with Crippen molar-refractivity contribution in [3.8, 4) is 11.8 Å². The van der Waals surface area contributed by atoms with Crippen LogP contribution in [0.1, 0.15) is 26.5 Å². The molecular weight excluding hydrogens is 395 g/mol. The van der Waals surface area contributed by atoms with Crippen LogP contribution in [-0.2, 0) is 28.6 Å². The van der Waals surface area contributed by atoms with Gasteiger partial charge in [-0.2, -0.15) is 5.26 Å². The molecule has 1 saturated heterocycles. The average molecular weight is 412 g/mol. The molecule has 1 aromatic rings. The molecule has 0 aliphatic carbocycles. The molecule has 0 spiro atoms. The molecule has 0 radical (unpaired) electrons. The lowest BCUT2D eigenvalue weighted by atomic mass is 10.1. The van der Waals surface area contributed by atoms with Crippen LogP contribution in [0, 0.1) is 17.1 Å². The predicted molar refractivity (Wildman–Crippen MR) is 92.4 cm³/mol. The van der Waals surface area contributed by atoms with Gasteiger partial charge in [-0.25, -0.2) is 9.37 Å². The Hall–Kier alpha value is -2.87. The normalized spacial score (nSPS) is 23.8. The highest BCUT2D eigenvalue weighted by Crippen LogP contribution is 2.34. The summed E-state index contributed by atoms with van der Waals surface area (Å²) in [4.78, 5) is 38.1. The van der Waals surface area contributed by atoms with E-state index in [4.69, 9.17) is 24.2 Å². The minimum absolute atomic E-state index is 0.0151. The maximum atomic E-state index is 13.8. The molecule has 9 nitrogen and oxygen atoms in total. The zero-order valence-corrected chi connectivity index (χ0v) is 16.0. The molecule has 1 aliphatic rings. The highest BCUT2D eigenvalue weighted by Gasteiger charge is 2.47. The summed E-state index contributed by atoms with van der Waals surface area (Å²) in [6.07, 6.45) is -1.98. The van der Waals surface area contributed by atoms with Crippen LogP contribution in [0.2, 0.25) is 0 Å². The summed E-state index contributed by atoms with van der Waals surface area (Å²) in [7, 11) is 0. The van der Waals surface area contributed by atoms with Gasteiger partial charge in [-0.15, -0.1) is 11.8 Å². The molecule has 0 N–H and O–H groups in total. The van der Waals surface area contributed by atoms with Gasteiger partial charge >= 0.3 is 17.9 Å². The van der Waals surface area contributed by atoms with Gasteiger partial charge in [-0.1, -0.05) is 0 Å². The fourth-order valence-corrected chi connectivity index (χ4v) is 3.73. The zero-order chi connectivity index (χ0) is 20.8. The third-order valence-corrected chi connectivity index (χ3v) is 4.69. The Morgan fingerprint density at radius 2 is 1.75 bits per heavy atom. The van der Waals surface area contributed by atoms with Gasteiger partial charge in [0.1, 0.15) is 11.8 Å². The van der Waals surface area contributed by atoms with Gasteiger partial charge in [0.25, 0.3) is 0 Å². The second-order valence-corrected chi connectivity index (χ2v) is 6.86. The number of esters is 3. The SMILES string of the molecule is CC(=O)O[C@@H]1[C@@H](OC(C)=O)[C@H](OC(C)=O)CS[C@H]1Oc1cnc(C#N)c(F)c1. The Labute approximate surface area is 164 Å². The molecular formula is C17H17FN2O7S. The van der Waals surface area contributed by atoms with Gasteiger partial charge in [0.15, 0.2) is 35.3 Å². The van der Waals surface area contributed by atoms with Gasteiger partial charge in [0.05, 0.1) is 6.20 Å². The van der Waals surface area contributed by atoms with Crippen molar-refractivity contribution in [2.75, 3.05) is 5.75 Å². The summed E-state index contributed by atoms with van der Waals surface area (Å²) in [5.41, 5.74) is -1.30. The minimum Gasteiger partial charge on any atom is -0.474 e. The van der Waals surface area contributed by atoms with Crippen LogP contribution >= 0.6 is 11.8 Å². The Morgan fingerprint density at radius 1 is 1.14 bits per heavy atom. The van der Waals surface area contributed by atoms with E-state index in [0.29, 0.717) is 0 Å². The second kappa shape index (κ2) is 9.36. The van der Waals surface area contributed by atoms with E-state index in [2.05, 4.69) is 4.98 Å². The highest BCUT2D eigenvalue weighted by molar-refractivity contribution is 7.99. The number of carbonyl (C=O) groups is 3. The molecule has 0 unspecified atom stereocenters. The first kappa shape index (κ1) is 21.4. The van der Waals surface area contributed by atoms with Crippen molar-refractivity contribution in [1.82, 2.24) is 4.98 Å². The van der Waals surface area contributed by atoms with Crippen molar-refractivity contribution in [3.05, 3.63) is 23.8 Å². The number of halogens is 1. The second-order valence-electron chi connectivity index (χ2n) is 5.73. The van der Waals surface area contributed by atoms with Crippen molar-refractivity contribution in [3.63, 3.8) is 0 Å². The Morgan fingerprint density at radius 3 is 2.29 bits per heavy atom. The molecule has 0 aromatic carbocycles. The Bertz CT molecular complexity index is 813. The quantitative estimate of drug-likeness (QED) is 0.517. The first-order valence-electron chi connectivity index (χ1n) is 8.06. The van der Waals surface area contributed by atoms with Crippen molar-refractivity contribution in [1.29, 1.82) is 5.26 Å². The number of pyridine rings is 1. The van der Waals surface area contributed by atoms with E-state index in [1.807, 2.05) is 0 Å². The summed E-state index contributed by atoms with van der Waals surface area (Å²) in [6, 6.07) is 2.56. The van der Waals surface area contributed by atoms with E-state index in [-0.39, 0.29) is 11.5 Å². The molecule has 1 aromatic heterocycles. The van der Waals surface area contributed by atoms with Crippen molar-refractivity contribution in [2.45, 2.75) is 44.5 Å². The molecule has 2 heterocycles. The lowest BCUT2D eigenvalue weighted by Crippen LogP contribution is -2.55. The van der Waals surface area contributed by atoms with Crippen LogP contribution in [0.3, 0.4) is 0 Å². The molecule has 1 fully saturated rings. The molecule has 28 heavy (non-hydrogen) atoms. The van der Waals surface area contributed by atoms with Crippen LogP contribution in [-0.4, -0.2) is 52.4 Å². The van der Waals surface area contributed by atoms with Gasteiger partial charge in [-0.3, -0.25) is 14.4 Å². The average Bonchev–Trinajstić information content (AvgIpc) is 2.59. The smallest absolute Gasteiger partial charge is 0.303 e. The van der Waals surface area contributed by atoms with Crippen molar-refractivity contribution >= 4 is 29.7 Å². The first-order valence-corrected chi connectivity index (χ1v) is 9.11. The summed E-state index contributed by atoms with van der Waals surface area (Å²) in [5.74, 6) is -2.66. The van der Waals surface area contributed by atoms with Gasteiger partial charge in [-0.05, 0) is 0 Å². The number of thioether (sulfide) groups is 1. The standard InChI is InChI=1S/C17H17FN2O7S/c1-8(21)24-14-7-28-17(16(26-10(3)23)15(14)25-9(2)22)27-11-4-12(18)13(5-19)20-6-11/h4,6,14-17H,7H2,1-3H3/t14-,15+,16-,17-/m1/s1. The topological polar surface area (TPSA) is 125 Å². The monoisotopic (exact) mass is 412 g/mol. The number of rotatable bonds is 5.